The van der Waals surface area contributed by atoms with E-state index in [1.807, 2.05) is 23.7 Å². The van der Waals surface area contributed by atoms with Gasteiger partial charge >= 0.3 is 0 Å². The Labute approximate surface area is 69.0 Å². The lowest BCUT2D eigenvalue weighted by molar-refractivity contribution is 1.50. The summed E-state index contributed by atoms with van der Waals surface area (Å²) in [7, 11) is 0. The monoisotopic (exact) mass is 161 g/mol. The number of fused-ring (bicyclic) bond motifs is 1. The summed E-state index contributed by atoms with van der Waals surface area (Å²) in [5, 5.41) is 0. The predicted molar refractivity (Wildman–Crippen MR) is 49.7 cm³/mol. The zero-order chi connectivity index (χ0) is 7.68. The predicted octanol–water partition coefficient (Wildman–Crippen LogP) is 2.94. The maximum Gasteiger partial charge on any atom is 0.0817 e. The number of benzene rings is 1. The van der Waals surface area contributed by atoms with Crippen molar-refractivity contribution in [1.82, 2.24) is 4.98 Å². The minimum absolute atomic E-state index is 1.06. The van der Waals surface area contributed by atoms with Crippen LogP contribution < -0.4 is 0 Å². The summed E-state index contributed by atoms with van der Waals surface area (Å²) in [6, 6.07) is 6.16. The molecule has 0 atom stereocenters. The van der Waals surface area contributed by atoms with Gasteiger partial charge in [0, 0.05) is 0 Å². The van der Waals surface area contributed by atoms with E-state index in [9.17, 15) is 0 Å². The standard InChI is InChI=1S/C9H7NS/c1-2-7-3-4-9-8(5-7)10-6-11-9/h2-6H,1H2. The minimum Gasteiger partial charge on any atom is -0.245 e. The maximum absolute atomic E-state index is 4.20. The molecule has 2 rings (SSSR count). The Kier molecular flexibility index (Phi) is 1.47. The second kappa shape index (κ2) is 2.47. The molecule has 1 heterocycles. The highest BCUT2D eigenvalue weighted by Crippen LogP contribution is 2.18. The van der Waals surface area contributed by atoms with E-state index in [-0.39, 0.29) is 0 Å². The molecule has 2 heteroatoms. The maximum atomic E-state index is 4.20. The summed E-state index contributed by atoms with van der Waals surface area (Å²) in [6.45, 7) is 3.70. The van der Waals surface area contributed by atoms with Gasteiger partial charge in [0.05, 0.1) is 15.7 Å². The molecule has 0 saturated carbocycles. The molecule has 54 valence electrons. The van der Waals surface area contributed by atoms with Gasteiger partial charge in [0.15, 0.2) is 0 Å². The number of aromatic nitrogens is 1. The van der Waals surface area contributed by atoms with Crippen LogP contribution in [0.25, 0.3) is 16.3 Å². The number of hydrogen-bond acceptors (Lipinski definition) is 2. The van der Waals surface area contributed by atoms with E-state index in [0.717, 1.165) is 11.1 Å². The third kappa shape index (κ3) is 1.05. The molecule has 0 aliphatic rings. The number of nitrogens with zero attached hydrogens (tertiary/aromatic N) is 1. The van der Waals surface area contributed by atoms with Gasteiger partial charge in [-0.3, -0.25) is 0 Å². The lowest BCUT2D eigenvalue weighted by atomic mass is 10.2. The van der Waals surface area contributed by atoms with Crippen molar-refractivity contribution in [3.63, 3.8) is 0 Å². The lowest BCUT2D eigenvalue weighted by Crippen LogP contribution is -1.70. The fraction of sp³-hybridized carbons (Fsp3) is 0. The molecule has 0 radical (unpaired) electrons. The van der Waals surface area contributed by atoms with Crippen molar-refractivity contribution in [3.8, 4) is 0 Å². The average Bonchev–Trinajstić information content (AvgIpc) is 2.50. The van der Waals surface area contributed by atoms with Crippen LogP contribution in [0.1, 0.15) is 5.56 Å². The number of thiazole rings is 1. The van der Waals surface area contributed by atoms with Crippen molar-refractivity contribution in [1.29, 1.82) is 0 Å². The summed E-state index contributed by atoms with van der Waals surface area (Å²) in [4.78, 5) is 4.20. The fourth-order valence-electron chi connectivity index (χ4n) is 1.00. The summed E-state index contributed by atoms with van der Waals surface area (Å²) < 4.78 is 1.23. The van der Waals surface area contributed by atoms with Crippen LogP contribution in [0.5, 0.6) is 0 Å². The van der Waals surface area contributed by atoms with Crippen LogP contribution in [0.4, 0.5) is 0 Å². The number of hydrogen-bond donors (Lipinski definition) is 0. The molecule has 1 nitrogen and oxygen atoms in total. The lowest BCUT2D eigenvalue weighted by Gasteiger charge is -1.90. The van der Waals surface area contributed by atoms with Gasteiger partial charge in [0.1, 0.15) is 0 Å². The van der Waals surface area contributed by atoms with Crippen molar-refractivity contribution in [2.45, 2.75) is 0 Å². The van der Waals surface area contributed by atoms with Gasteiger partial charge in [-0.2, -0.15) is 0 Å². The normalized spacial score (nSPS) is 10.2. The van der Waals surface area contributed by atoms with Crippen LogP contribution in [-0.2, 0) is 0 Å². The van der Waals surface area contributed by atoms with Gasteiger partial charge < -0.3 is 0 Å². The summed E-state index contributed by atoms with van der Waals surface area (Å²) in [5.74, 6) is 0. The zero-order valence-corrected chi connectivity index (χ0v) is 6.77. The molecule has 0 saturated heterocycles. The summed E-state index contributed by atoms with van der Waals surface area (Å²) >= 11 is 1.66. The Morgan fingerprint density at radius 3 is 3.18 bits per heavy atom. The van der Waals surface area contributed by atoms with Crippen LogP contribution in [0, 0.1) is 0 Å². The fourth-order valence-corrected chi connectivity index (χ4v) is 1.66. The van der Waals surface area contributed by atoms with Crippen LogP contribution >= 0.6 is 11.3 Å². The van der Waals surface area contributed by atoms with Crippen LogP contribution in [0.15, 0.2) is 30.3 Å². The van der Waals surface area contributed by atoms with Crippen molar-refractivity contribution >= 4 is 27.6 Å². The Balaban J connectivity index is 2.76. The van der Waals surface area contributed by atoms with Crippen LogP contribution in [-0.4, -0.2) is 4.98 Å². The van der Waals surface area contributed by atoms with E-state index in [1.54, 1.807) is 11.3 Å². The molecule has 0 unspecified atom stereocenters. The zero-order valence-electron chi connectivity index (χ0n) is 5.95. The Hall–Kier alpha value is -1.15. The minimum atomic E-state index is 1.06. The van der Waals surface area contributed by atoms with E-state index in [1.165, 1.54) is 4.70 Å². The smallest absolute Gasteiger partial charge is 0.0817 e. The van der Waals surface area contributed by atoms with Crippen LogP contribution in [0.3, 0.4) is 0 Å². The van der Waals surface area contributed by atoms with Crippen LogP contribution in [0.2, 0.25) is 0 Å². The molecule has 1 aromatic heterocycles. The molecule has 0 amide bonds. The van der Waals surface area contributed by atoms with E-state index in [0.29, 0.717) is 0 Å². The SMILES string of the molecule is C=Cc1ccc2scnc2c1. The van der Waals surface area contributed by atoms with Crippen molar-refractivity contribution in [2.24, 2.45) is 0 Å². The van der Waals surface area contributed by atoms with Crippen molar-refractivity contribution in [3.05, 3.63) is 35.9 Å². The van der Waals surface area contributed by atoms with E-state index >= 15 is 0 Å². The molecule has 1 aromatic carbocycles. The first-order valence-corrected chi connectivity index (χ1v) is 4.24. The quantitative estimate of drug-likeness (QED) is 0.626. The van der Waals surface area contributed by atoms with Crippen molar-refractivity contribution in [2.75, 3.05) is 0 Å². The highest BCUT2D eigenvalue weighted by Gasteiger charge is 1.94. The van der Waals surface area contributed by atoms with Gasteiger partial charge in [-0.05, 0) is 17.7 Å². The molecule has 0 aliphatic carbocycles. The van der Waals surface area contributed by atoms with Gasteiger partial charge in [-0.25, -0.2) is 4.98 Å². The van der Waals surface area contributed by atoms with Gasteiger partial charge in [0.2, 0.25) is 0 Å². The van der Waals surface area contributed by atoms with E-state index in [2.05, 4.69) is 17.6 Å². The Bertz CT molecular complexity index is 389. The van der Waals surface area contributed by atoms with Gasteiger partial charge in [-0.1, -0.05) is 18.7 Å². The second-order valence-electron chi connectivity index (χ2n) is 2.28. The first kappa shape index (κ1) is 6.55. The molecule has 0 bridgehead atoms. The molecular formula is C9H7NS. The molecule has 0 fully saturated rings. The largest absolute Gasteiger partial charge is 0.245 e. The third-order valence-electron chi connectivity index (χ3n) is 1.59. The first-order chi connectivity index (χ1) is 5.40. The molecule has 11 heavy (non-hydrogen) atoms. The topological polar surface area (TPSA) is 12.9 Å². The Morgan fingerprint density at radius 1 is 1.45 bits per heavy atom. The summed E-state index contributed by atoms with van der Waals surface area (Å²) in [5.41, 5.74) is 4.05. The number of rotatable bonds is 1. The highest BCUT2D eigenvalue weighted by molar-refractivity contribution is 7.16. The van der Waals surface area contributed by atoms with Gasteiger partial charge in [0.25, 0.3) is 0 Å². The molecule has 0 N–H and O–H groups in total. The molecular weight excluding hydrogens is 154 g/mol. The highest BCUT2D eigenvalue weighted by atomic mass is 32.1. The van der Waals surface area contributed by atoms with E-state index < -0.39 is 0 Å². The molecule has 0 aliphatic heterocycles. The second-order valence-corrected chi connectivity index (χ2v) is 3.17. The Morgan fingerprint density at radius 2 is 2.36 bits per heavy atom. The molecule has 2 aromatic rings. The molecule has 0 spiro atoms. The average molecular weight is 161 g/mol. The first-order valence-electron chi connectivity index (χ1n) is 3.36. The van der Waals surface area contributed by atoms with Gasteiger partial charge in [-0.15, -0.1) is 11.3 Å². The third-order valence-corrected chi connectivity index (χ3v) is 2.40. The van der Waals surface area contributed by atoms with E-state index in [4.69, 9.17) is 0 Å². The summed E-state index contributed by atoms with van der Waals surface area (Å²) in [6.07, 6.45) is 1.83. The van der Waals surface area contributed by atoms with Crippen molar-refractivity contribution < 1.29 is 0 Å².